The zero-order chi connectivity index (χ0) is 36.2. The topological polar surface area (TPSA) is 157 Å². The van der Waals surface area contributed by atoms with E-state index >= 15 is 4.39 Å². The van der Waals surface area contributed by atoms with Gasteiger partial charge in [-0.15, -0.1) is 0 Å². The fourth-order valence-electron chi connectivity index (χ4n) is 7.58. The van der Waals surface area contributed by atoms with Gasteiger partial charge in [0.05, 0.1) is 27.4 Å². The monoisotopic (exact) mass is 734 g/mol. The quantitative estimate of drug-likeness (QED) is 0.111. The predicted molar refractivity (Wildman–Crippen MR) is 181 cm³/mol. The lowest BCUT2D eigenvalue weighted by Gasteiger charge is -2.30. The van der Waals surface area contributed by atoms with Gasteiger partial charge in [-0.05, 0) is 62.8 Å². The standard InChI is InChI=1S/C34H36ClF5N8O3/c1-16-12-20(41)45-27(23(16)34(38,39)40)21-24(35)29(50-11-9-43-26(17-5-6-17)19-4-2-8-44-30(19)42)22-28(25(21)37)46-32(47-31(22)49)51-15-33-7-3-10-48(33)14-18(36)13-33/h2,4,8,12,17-18,26,43H,3,5-7,9-11,13-15H2,1H3,(H2,41,45)(H2,42,44)(H,46,47,49)/t18-,26-,33+/m1/s1. The summed E-state index contributed by atoms with van der Waals surface area (Å²) in [6.45, 7) is 2.10. The van der Waals surface area contributed by atoms with Crippen LogP contribution in [0.2, 0.25) is 5.02 Å². The SMILES string of the molecule is Cc1cc(N)nc(-c2c(Cl)c(OCCN[C@@H](c3cccnc3N)C3CC3)c3c(=O)[nH]c(OC[C@@]45CCCN4C[C@H](F)C5)nc3c2F)c1C(F)(F)F. The Morgan fingerprint density at radius 3 is 2.75 bits per heavy atom. The molecule has 17 heteroatoms. The van der Waals surface area contributed by atoms with E-state index < -0.39 is 73.8 Å². The van der Waals surface area contributed by atoms with Gasteiger partial charge in [0.25, 0.3) is 11.6 Å². The fraction of sp³-hybridized carbons (Fsp3) is 0.471. The van der Waals surface area contributed by atoms with Crippen molar-refractivity contribution in [3.05, 3.63) is 62.3 Å². The number of nitrogens with two attached hydrogens (primary N) is 2. The average Bonchev–Trinajstić information content (AvgIpc) is 3.75. The van der Waals surface area contributed by atoms with Gasteiger partial charge in [-0.25, -0.2) is 18.7 Å². The number of alkyl halides is 4. The molecule has 2 saturated heterocycles. The Morgan fingerprint density at radius 2 is 2.02 bits per heavy atom. The normalized spacial score (nSPS) is 21.3. The number of anilines is 2. The highest BCUT2D eigenvalue weighted by Gasteiger charge is 2.49. The highest BCUT2D eigenvalue weighted by atomic mass is 35.5. The van der Waals surface area contributed by atoms with Crippen LogP contribution in [0.5, 0.6) is 11.8 Å². The van der Waals surface area contributed by atoms with E-state index in [0.717, 1.165) is 37.8 Å². The molecule has 11 nitrogen and oxygen atoms in total. The van der Waals surface area contributed by atoms with Crippen LogP contribution in [0, 0.1) is 18.7 Å². The molecule has 2 aliphatic heterocycles. The van der Waals surface area contributed by atoms with Crippen LogP contribution in [0.3, 0.4) is 0 Å². The van der Waals surface area contributed by atoms with Crippen LogP contribution in [0.15, 0.2) is 29.2 Å². The molecule has 3 fully saturated rings. The molecular formula is C34H36ClF5N8O3. The first-order valence-electron chi connectivity index (χ1n) is 16.7. The smallest absolute Gasteiger partial charge is 0.418 e. The van der Waals surface area contributed by atoms with Crippen LogP contribution in [0.25, 0.3) is 22.2 Å². The van der Waals surface area contributed by atoms with Crippen molar-refractivity contribution in [3.63, 3.8) is 0 Å². The number of hydrogen-bond acceptors (Lipinski definition) is 10. The van der Waals surface area contributed by atoms with E-state index in [0.29, 0.717) is 24.7 Å². The molecule has 0 amide bonds. The molecule has 1 saturated carbocycles. The van der Waals surface area contributed by atoms with Gasteiger partial charge >= 0.3 is 6.18 Å². The molecule has 0 bridgehead atoms. The van der Waals surface area contributed by atoms with Crippen molar-refractivity contribution in [2.24, 2.45) is 5.92 Å². The maximum Gasteiger partial charge on any atom is 0.418 e. The van der Waals surface area contributed by atoms with Crippen molar-refractivity contribution in [2.45, 2.75) is 63.0 Å². The third kappa shape index (κ3) is 6.64. The molecule has 1 aromatic carbocycles. The Labute approximate surface area is 293 Å². The zero-order valence-electron chi connectivity index (χ0n) is 27.5. The number of aromatic amines is 1. The predicted octanol–water partition coefficient (Wildman–Crippen LogP) is 5.74. The number of pyridine rings is 2. The number of fused-ring (bicyclic) bond motifs is 2. The molecule has 4 aromatic rings. The summed E-state index contributed by atoms with van der Waals surface area (Å²) in [6, 6.07) is 4.11. The molecule has 0 spiro atoms. The van der Waals surface area contributed by atoms with Gasteiger partial charge in [0.1, 0.15) is 41.9 Å². The molecule has 51 heavy (non-hydrogen) atoms. The summed E-state index contributed by atoms with van der Waals surface area (Å²) in [4.78, 5) is 30.3. The molecular weight excluding hydrogens is 699 g/mol. The van der Waals surface area contributed by atoms with E-state index in [9.17, 15) is 22.4 Å². The minimum Gasteiger partial charge on any atom is -0.490 e. The van der Waals surface area contributed by atoms with E-state index in [1.165, 1.54) is 0 Å². The van der Waals surface area contributed by atoms with E-state index in [4.69, 9.17) is 32.5 Å². The van der Waals surface area contributed by atoms with Crippen LogP contribution in [-0.2, 0) is 6.18 Å². The third-order valence-corrected chi connectivity index (χ3v) is 10.3. The van der Waals surface area contributed by atoms with Gasteiger partial charge in [0, 0.05) is 37.3 Å². The zero-order valence-corrected chi connectivity index (χ0v) is 28.3. The molecule has 5 heterocycles. The summed E-state index contributed by atoms with van der Waals surface area (Å²) >= 11 is 6.69. The minimum atomic E-state index is -4.99. The maximum atomic E-state index is 16.7. The lowest BCUT2D eigenvalue weighted by Crippen LogP contribution is -2.43. The number of benzene rings is 1. The summed E-state index contributed by atoms with van der Waals surface area (Å²) in [5.74, 6) is -1.40. The molecule has 0 unspecified atom stereocenters. The van der Waals surface area contributed by atoms with Crippen LogP contribution in [-0.4, -0.2) is 69.4 Å². The van der Waals surface area contributed by atoms with Crippen LogP contribution in [0.1, 0.15) is 54.8 Å². The number of nitrogens with zero attached hydrogens (tertiary/aromatic N) is 4. The molecule has 3 aliphatic rings. The molecule has 272 valence electrons. The molecule has 6 N–H and O–H groups in total. The first kappa shape index (κ1) is 35.1. The first-order chi connectivity index (χ1) is 24.3. The van der Waals surface area contributed by atoms with Crippen LogP contribution in [0.4, 0.5) is 33.6 Å². The number of hydrogen-bond donors (Lipinski definition) is 4. The first-order valence-corrected chi connectivity index (χ1v) is 17.0. The van der Waals surface area contributed by atoms with Gasteiger partial charge < -0.3 is 26.3 Å². The Bertz CT molecular complexity index is 2040. The highest BCUT2D eigenvalue weighted by molar-refractivity contribution is 6.36. The maximum absolute atomic E-state index is 16.7. The number of aromatic nitrogens is 4. The Morgan fingerprint density at radius 1 is 1.24 bits per heavy atom. The summed E-state index contributed by atoms with van der Waals surface area (Å²) < 4.78 is 86.3. The Balaban J connectivity index is 1.28. The van der Waals surface area contributed by atoms with Crippen molar-refractivity contribution in [1.82, 2.24) is 30.2 Å². The average molecular weight is 735 g/mol. The van der Waals surface area contributed by atoms with Gasteiger partial charge in [-0.3, -0.25) is 14.7 Å². The summed E-state index contributed by atoms with van der Waals surface area (Å²) in [5.41, 5.74) is 7.33. The van der Waals surface area contributed by atoms with Crippen molar-refractivity contribution < 1.29 is 31.4 Å². The van der Waals surface area contributed by atoms with Gasteiger partial charge in [0.2, 0.25) is 0 Å². The fourth-order valence-corrected chi connectivity index (χ4v) is 7.90. The number of aryl methyl sites for hydroxylation is 1. The number of nitrogens with one attached hydrogen (secondary N) is 2. The summed E-state index contributed by atoms with van der Waals surface area (Å²) in [7, 11) is 0. The van der Waals surface area contributed by atoms with Crippen molar-refractivity contribution in [3.8, 4) is 23.0 Å². The van der Waals surface area contributed by atoms with E-state index in [1.807, 2.05) is 11.0 Å². The number of halogens is 6. The number of H-pyrrole nitrogens is 1. The largest absolute Gasteiger partial charge is 0.490 e. The second-order valence-electron chi connectivity index (χ2n) is 13.5. The Kier molecular flexibility index (Phi) is 9.21. The van der Waals surface area contributed by atoms with Gasteiger partial charge in [-0.1, -0.05) is 17.7 Å². The molecule has 3 atom stereocenters. The van der Waals surface area contributed by atoms with Crippen molar-refractivity contribution in [2.75, 3.05) is 44.3 Å². The number of ether oxygens (including phenoxy) is 2. The lowest BCUT2D eigenvalue weighted by atomic mass is 9.95. The second-order valence-corrected chi connectivity index (χ2v) is 13.8. The van der Waals surface area contributed by atoms with E-state index in [-0.39, 0.29) is 50.1 Å². The van der Waals surface area contributed by atoms with Crippen molar-refractivity contribution >= 4 is 34.1 Å². The van der Waals surface area contributed by atoms with Gasteiger partial charge in [0.15, 0.2) is 11.6 Å². The summed E-state index contributed by atoms with van der Waals surface area (Å²) in [6.07, 6.45) is -0.802. The molecule has 0 radical (unpaired) electrons. The molecule has 1 aliphatic carbocycles. The minimum absolute atomic E-state index is 0.0449. The molecule has 3 aromatic heterocycles. The summed E-state index contributed by atoms with van der Waals surface area (Å²) in [5, 5.41) is 2.31. The highest BCUT2D eigenvalue weighted by Crippen LogP contribution is 2.47. The second kappa shape index (κ2) is 13.4. The molecule has 7 rings (SSSR count). The van der Waals surface area contributed by atoms with E-state index in [2.05, 4.69) is 25.3 Å². The van der Waals surface area contributed by atoms with Gasteiger partial charge in [-0.2, -0.15) is 18.2 Å². The van der Waals surface area contributed by atoms with Crippen molar-refractivity contribution in [1.29, 1.82) is 0 Å². The van der Waals surface area contributed by atoms with Crippen LogP contribution < -0.4 is 31.8 Å². The number of rotatable bonds is 11. The number of nitrogen functional groups attached to an aromatic ring is 2. The van der Waals surface area contributed by atoms with E-state index in [1.54, 1.807) is 12.3 Å². The van der Waals surface area contributed by atoms with Crippen LogP contribution >= 0.6 is 11.6 Å². The lowest BCUT2D eigenvalue weighted by molar-refractivity contribution is -0.137. The third-order valence-electron chi connectivity index (χ3n) is 9.98. The Hall–Kier alpha value is -4.28.